The Morgan fingerprint density at radius 2 is 2.18 bits per heavy atom. The van der Waals surface area contributed by atoms with Gasteiger partial charge in [0.1, 0.15) is 0 Å². The number of hydrogen-bond acceptors (Lipinski definition) is 3. The van der Waals surface area contributed by atoms with E-state index in [9.17, 15) is 9.90 Å². The summed E-state index contributed by atoms with van der Waals surface area (Å²) in [5, 5.41) is 12.5. The first-order valence-corrected chi connectivity index (χ1v) is 5.70. The minimum absolute atomic E-state index is 0.114. The van der Waals surface area contributed by atoms with Gasteiger partial charge in [-0.3, -0.25) is 4.79 Å². The van der Waals surface area contributed by atoms with Crippen molar-refractivity contribution in [3.63, 3.8) is 0 Å². The van der Waals surface area contributed by atoms with Crippen LogP contribution in [-0.2, 0) is 0 Å². The lowest BCUT2D eigenvalue weighted by molar-refractivity contribution is 0.0948. The second kappa shape index (κ2) is 6.13. The van der Waals surface area contributed by atoms with E-state index in [-0.39, 0.29) is 17.2 Å². The van der Waals surface area contributed by atoms with Crippen LogP contribution in [0, 0.1) is 5.92 Å². The van der Waals surface area contributed by atoms with Crippen molar-refractivity contribution in [1.29, 1.82) is 0 Å². The van der Waals surface area contributed by atoms with Gasteiger partial charge in [-0.2, -0.15) is 0 Å². The minimum atomic E-state index is -0.276. The van der Waals surface area contributed by atoms with Gasteiger partial charge in [-0.15, -0.1) is 0 Å². The molecule has 0 spiro atoms. The summed E-state index contributed by atoms with van der Waals surface area (Å²) < 4.78 is 4.95. The number of hydrogen-bond donors (Lipinski definition) is 2. The first kappa shape index (κ1) is 13.4. The van der Waals surface area contributed by atoms with Crippen LogP contribution in [0.4, 0.5) is 0 Å². The Hall–Kier alpha value is -1.71. The molecule has 1 aromatic rings. The lowest BCUT2D eigenvalue weighted by Gasteiger charge is -2.10. The molecule has 2 N–H and O–H groups in total. The highest BCUT2D eigenvalue weighted by Gasteiger charge is 2.14. The average molecular weight is 237 g/mol. The van der Waals surface area contributed by atoms with Crippen LogP contribution in [-0.4, -0.2) is 24.7 Å². The fourth-order valence-electron chi connectivity index (χ4n) is 1.44. The maximum atomic E-state index is 11.8. The van der Waals surface area contributed by atoms with E-state index in [1.54, 1.807) is 18.2 Å². The van der Waals surface area contributed by atoms with Gasteiger partial charge in [0.25, 0.3) is 5.91 Å². The molecule has 0 heterocycles. The van der Waals surface area contributed by atoms with Gasteiger partial charge in [-0.05, 0) is 24.5 Å². The summed E-state index contributed by atoms with van der Waals surface area (Å²) in [5.41, 5.74) is 0.244. The van der Waals surface area contributed by atoms with E-state index < -0.39 is 0 Å². The fraction of sp³-hybridized carbons (Fsp3) is 0.462. The molecule has 0 aliphatic carbocycles. The van der Waals surface area contributed by atoms with Crippen molar-refractivity contribution >= 4 is 5.91 Å². The molecule has 0 aromatic heterocycles. The van der Waals surface area contributed by atoms with Gasteiger partial charge in [0.2, 0.25) is 0 Å². The lowest BCUT2D eigenvalue weighted by atomic mass is 10.1. The Labute approximate surface area is 102 Å². The highest BCUT2D eigenvalue weighted by atomic mass is 16.5. The molecule has 0 unspecified atom stereocenters. The van der Waals surface area contributed by atoms with Crippen LogP contribution in [0.2, 0.25) is 0 Å². The zero-order chi connectivity index (χ0) is 12.8. The zero-order valence-corrected chi connectivity index (χ0v) is 10.5. The molecule has 94 valence electrons. The summed E-state index contributed by atoms with van der Waals surface area (Å²) >= 11 is 0. The second-order valence-corrected chi connectivity index (χ2v) is 4.29. The van der Waals surface area contributed by atoms with E-state index in [0.717, 1.165) is 6.42 Å². The molecule has 0 fully saturated rings. The van der Waals surface area contributed by atoms with Crippen LogP contribution in [0.5, 0.6) is 11.5 Å². The standard InChI is InChI=1S/C13H19NO3/c1-9(2)7-8-14-13(16)10-5-4-6-11(17-3)12(10)15/h4-6,9,15H,7-8H2,1-3H3,(H,14,16). The highest BCUT2D eigenvalue weighted by Crippen LogP contribution is 2.29. The number of nitrogens with one attached hydrogen (secondary N) is 1. The van der Waals surface area contributed by atoms with Gasteiger partial charge in [-0.25, -0.2) is 0 Å². The number of phenolic OH excluding ortho intramolecular Hbond substituents is 1. The number of methoxy groups -OCH3 is 1. The second-order valence-electron chi connectivity index (χ2n) is 4.29. The van der Waals surface area contributed by atoms with E-state index in [1.165, 1.54) is 7.11 Å². The molecular formula is C13H19NO3. The molecular weight excluding hydrogens is 218 g/mol. The Morgan fingerprint density at radius 1 is 1.47 bits per heavy atom. The number of carbonyl (C=O) groups is 1. The average Bonchev–Trinajstić information content (AvgIpc) is 2.28. The number of phenols is 1. The van der Waals surface area contributed by atoms with Gasteiger partial charge in [0, 0.05) is 6.54 Å². The van der Waals surface area contributed by atoms with Crippen molar-refractivity contribution in [2.45, 2.75) is 20.3 Å². The molecule has 0 saturated heterocycles. The van der Waals surface area contributed by atoms with Gasteiger partial charge in [0.15, 0.2) is 11.5 Å². The third kappa shape index (κ3) is 3.66. The summed E-state index contributed by atoms with van der Waals surface area (Å²) in [5.74, 6) is 0.454. The molecule has 0 saturated carbocycles. The number of rotatable bonds is 5. The van der Waals surface area contributed by atoms with Gasteiger partial charge in [-0.1, -0.05) is 19.9 Å². The van der Waals surface area contributed by atoms with Crippen LogP contribution in [0.15, 0.2) is 18.2 Å². The summed E-state index contributed by atoms with van der Waals surface area (Å²) in [4.78, 5) is 11.8. The Morgan fingerprint density at radius 3 is 2.76 bits per heavy atom. The van der Waals surface area contributed by atoms with Crippen molar-refractivity contribution in [3.8, 4) is 11.5 Å². The van der Waals surface area contributed by atoms with E-state index in [2.05, 4.69) is 19.2 Å². The lowest BCUT2D eigenvalue weighted by Crippen LogP contribution is -2.25. The number of amides is 1. The minimum Gasteiger partial charge on any atom is -0.504 e. The first-order chi connectivity index (χ1) is 8.06. The third-order valence-electron chi connectivity index (χ3n) is 2.47. The highest BCUT2D eigenvalue weighted by molar-refractivity contribution is 5.97. The van der Waals surface area contributed by atoms with Crippen molar-refractivity contribution in [2.24, 2.45) is 5.92 Å². The topological polar surface area (TPSA) is 58.6 Å². The van der Waals surface area contributed by atoms with E-state index >= 15 is 0 Å². The summed E-state index contributed by atoms with van der Waals surface area (Å²) in [6.45, 7) is 4.79. The first-order valence-electron chi connectivity index (χ1n) is 5.70. The fourth-order valence-corrected chi connectivity index (χ4v) is 1.44. The van der Waals surface area contributed by atoms with E-state index in [1.807, 2.05) is 0 Å². The third-order valence-corrected chi connectivity index (χ3v) is 2.47. The van der Waals surface area contributed by atoms with Crippen LogP contribution in [0.3, 0.4) is 0 Å². The molecule has 0 radical (unpaired) electrons. The largest absolute Gasteiger partial charge is 0.504 e. The maximum Gasteiger partial charge on any atom is 0.255 e. The number of aromatic hydroxyl groups is 1. The molecule has 0 bridgehead atoms. The van der Waals surface area contributed by atoms with Crippen molar-refractivity contribution < 1.29 is 14.6 Å². The molecule has 1 amide bonds. The molecule has 4 heteroatoms. The zero-order valence-electron chi connectivity index (χ0n) is 10.5. The summed E-state index contributed by atoms with van der Waals surface area (Å²) in [6.07, 6.45) is 0.913. The predicted octanol–water partition coefficient (Wildman–Crippen LogP) is 2.18. The van der Waals surface area contributed by atoms with E-state index in [4.69, 9.17) is 4.74 Å². The molecule has 0 aliphatic rings. The smallest absolute Gasteiger partial charge is 0.255 e. The van der Waals surface area contributed by atoms with Crippen LogP contribution in [0.1, 0.15) is 30.6 Å². The normalized spacial score (nSPS) is 10.4. The van der Waals surface area contributed by atoms with Crippen LogP contribution in [0.25, 0.3) is 0 Å². The molecule has 17 heavy (non-hydrogen) atoms. The Kier molecular flexibility index (Phi) is 4.82. The summed E-state index contributed by atoms with van der Waals surface area (Å²) in [6, 6.07) is 4.86. The van der Waals surface area contributed by atoms with Crippen molar-refractivity contribution in [1.82, 2.24) is 5.32 Å². The van der Waals surface area contributed by atoms with Crippen LogP contribution < -0.4 is 10.1 Å². The van der Waals surface area contributed by atoms with Crippen molar-refractivity contribution in [3.05, 3.63) is 23.8 Å². The number of benzene rings is 1. The molecule has 4 nitrogen and oxygen atoms in total. The van der Waals surface area contributed by atoms with Gasteiger partial charge in [0.05, 0.1) is 12.7 Å². The maximum absolute atomic E-state index is 11.8. The Balaban J connectivity index is 2.69. The van der Waals surface area contributed by atoms with E-state index in [0.29, 0.717) is 18.2 Å². The molecule has 1 aromatic carbocycles. The SMILES string of the molecule is COc1cccc(C(=O)NCCC(C)C)c1O. The molecule has 1 rings (SSSR count). The van der Waals surface area contributed by atoms with Crippen LogP contribution >= 0.6 is 0 Å². The van der Waals surface area contributed by atoms with Gasteiger partial charge >= 0.3 is 0 Å². The quantitative estimate of drug-likeness (QED) is 0.825. The summed E-state index contributed by atoms with van der Waals surface area (Å²) in [7, 11) is 1.45. The van der Waals surface area contributed by atoms with Gasteiger partial charge < -0.3 is 15.2 Å². The number of ether oxygens (including phenoxy) is 1. The number of carbonyl (C=O) groups excluding carboxylic acids is 1. The monoisotopic (exact) mass is 237 g/mol. The predicted molar refractivity (Wildman–Crippen MR) is 66.4 cm³/mol. The van der Waals surface area contributed by atoms with Crippen molar-refractivity contribution in [2.75, 3.05) is 13.7 Å². The molecule has 0 atom stereocenters. The molecule has 0 aliphatic heterocycles. The Bertz CT molecular complexity index is 388. The number of para-hydroxylation sites is 1.